The number of aromatic amines is 1. The number of hydrogen-bond acceptors (Lipinski definition) is 4. The van der Waals surface area contributed by atoms with E-state index in [-0.39, 0.29) is 11.6 Å². The number of H-pyrrole nitrogens is 1. The second kappa shape index (κ2) is 8.71. The number of anilines is 2. The number of aryl methyl sites for hydroxylation is 3. The lowest BCUT2D eigenvalue weighted by atomic mass is 10.0. The fourth-order valence-electron chi connectivity index (χ4n) is 3.81. The Morgan fingerprint density at radius 2 is 1.61 bits per heavy atom. The van der Waals surface area contributed by atoms with E-state index in [1.165, 1.54) is 18.2 Å². The number of hydrogen-bond donors (Lipinski definition) is 3. The molecular weight excluding hydrogens is 396 g/mol. The molecule has 0 fully saturated rings. The minimum Gasteiger partial charge on any atom is -0.370 e. The van der Waals surface area contributed by atoms with Gasteiger partial charge in [-0.05, 0) is 62.1 Å². The van der Waals surface area contributed by atoms with Crippen LogP contribution in [0.15, 0.2) is 42.5 Å². The van der Waals surface area contributed by atoms with E-state index in [2.05, 4.69) is 25.6 Å². The van der Waals surface area contributed by atoms with Gasteiger partial charge in [-0.3, -0.25) is 0 Å². The zero-order valence-electron chi connectivity index (χ0n) is 17.8. The number of aromatic nitrogens is 3. The summed E-state index contributed by atoms with van der Waals surface area (Å²) in [4.78, 5) is 12.1. The highest BCUT2D eigenvalue weighted by Crippen LogP contribution is 2.28. The van der Waals surface area contributed by atoms with Gasteiger partial charge in [-0.25, -0.2) is 18.7 Å². The first kappa shape index (κ1) is 20.8. The molecule has 0 saturated carbocycles. The summed E-state index contributed by atoms with van der Waals surface area (Å²) in [6.07, 6.45) is 0.734. The molecule has 0 spiro atoms. The van der Waals surface area contributed by atoms with E-state index < -0.39 is 0 Å². The Bertz CT molecular complexity index is 1220. The van der Waals surface area contributed by atoms with Crippen LogP contribution < -0.4 is 10.6 Å². The number of fused-ring (bicyclic) bond motifs is 1. The van der Waals surface area contributed by atoms with Crippen LogP contribution in [-0.2, 0) is 13.0 Å². The zero-order chi connectivity index (χ0) is 22.0. The average Bonchev–Trinajstić information content (AvgIpc) is 3.08. The van der Waals surface area contributed by atoms with Crippen molar-refractivity contribution >= 4 is 22.5 Å². The van der Waals surface area contributed by atoms with Crippen LogP contribution in [0.5, 0.6) is 0 Å². The van der Waals surface area contributed by atoms with Gasteiger partial charge in [0.25, 0.3) is 0 Å². The number of halogens is 2. The number of rotatable bonds is 7. The largest absolute Gasteiger partial charge is 0.370 e. The normalized spacial score (nSPS) is 11.1. The number of benzene rings is 2. The number of nitrogens with zero attached hydrogens (tertiary/aromatic N) is 2. The Morgan fingerprint density at radius 3 is 2.35 bits per heavy atom. The first-order valence-corrected chi connectivity index (χ1v) is 10.2. The second-order valence-electron chi connectivity index (χ2n) is 7.69. The van der Waals surface area contributed by atoms with E-state index in [1.807, 2.05) is 32.9 Å². The van der Waals surface area contributed by atoms with E-state index in [0.717, 1.165) is 40.0 Å². The van der Waals surface area contributed by atoms with Gasteiger partial charge in [0.2, 0.25) is 0 Å². The molecule has 0 unspecified atom stereocenters. The fraction of sp³-hybridized carbons (Fsp3) is 0.250. The average molecular weight is 421 g/mol. The summed E-state index contributed by atoms with van der Waals surface area (Å²) in [6.45, 7) is 7.00. The smallest absolute Gasteiger partial charge is 0.147 e. The Balaban J connectivity index is 1.43. The summed E-state index contributed by atoms with van der Waals surface area (Å²) < 4.78 is 27.2. The van der Waals surface area contributed by atoms with Crippen molar-refractivity contribution in [2.75, 3.05) is 17.2 Å². The molecule has 0 aliphatic rings. The van der Waals surface area contributed by atoms with Crippen LogP contribution in [0.3, 0.4) is 0 Å². The van der Waals surface area contributed by atoms with E-state index >= 15 is 0 Å². The number of nitrogens with one attached hydrogen (secondary N) is 3. The minimum absolute atomic E-state index is 0.230. The maximum Gasteiger partial charge on any atom is 0.147 e. The molecule has 0 radical (unpaired) electrons. The summed E-state index contributed by atoms with van der Waals surface area (Å²) >= 11 is 0. The van der Waals surface area contributed by atoms with E-state index in [1.54, 1.807) is 12.1 Å². The Morgan fingerprint density at radius 1 is 0.903 bits per heavy atom. The summed E-state index contributed by atoms with van der Waals surface area (Å²) in [6, 6.07) is 11.5. The SMILES string of the molecule is Cc1nc(NCCc2c(C)[nH]c3c(F)ccc(C)c23)cc(NCc2ccc(F)cc2)n1. The quantitative estimate of drug-likeness (QED) is 0.372. The van der Waals surface area contributed by atoms with Crippen LogP contribution in [0.1, 0.15) is 28.2 Å². The van der Waals surface area contributed by atoms with E-state index in [4.69, 9.17) is 0 Å². The molecule has 4 rings (SSSR count). The standard InChI is InChI=1S/C24H25F2N5/c1-14-4-9-20(26)24-23(14)19(15(2)29-24)10-11-27-21-12-22(31-16(3)30-21)28-13-17-5-7-18(25)8-6-17/h4-9,12,29H,10-11,13H2,1-3H3,(H2,27,28,30,31). The molecular formula is C24H25F2N5. The molecule has 31 heavy (non-hydrogen) atoms. The molecule has 160 valence electrons. The van der Waals surface area contributed by atoms with Crippen LogP contribution in [0.2, 0.25) is 0 Å². The van der Waals surface area contributed by atoms with Crippen LogP contribution in [0.4, 0.5) is 20.4 Å². The van der Waals surface area contributed by atoms with Crippen molar-refractivity contribution in [1.82, 2.24) is 15.0 Å². The maximum absolute atomic E-state index is 14.2. The van der Waals surface area contributed by atoms with E-state index in [9.17, 15) is 8.78 Å². The maximum atomic E-state index is 14.2. The monoisotopic (exact) mass is 421 g/mol. The van der Waals surface area contributed by atoms with Gasteiger partial charge in [-0.1, -0.05) is 18.2 Å². The third kappa shape index (κ3) is 4.66. The van der Waals surface area contributed by atoms with Crippen molar-refractivity contribution in [2.45, 2.75) is 33.7 Å². The molecule has 4 aromatic rings. The molecule has 5 nitrogen and oxygen atoms in total. The van der Waals surface area contributed by atoms with Gasteiger partial charge in [-0.15, -0.1) is 0 Å². The van der Waals surface area contributed by atoms with Crippen molar-refractivity contribution in [3.8, 4) is 0 Å². The van der Waals surface area contributed by atoms with Gasteiger partial charge in [0.15, 0.2) is 0 Å². The Hall–Kier alpha value is -3.48. The molecule has 0 saturated heterocycles. The van der Waals surface area contributed by atoms with Crippen molar-refractivity contribution in [3.05, 3.63) is 82.3 Å². The van der Waals surface area contributed by atoms with Gasteiger partial charge < -0.3 is 15.6 Å². The lowest BCUT2D eigenvalue weighted by Gasteiger charge is -2.11. The second-order valence-corrected chi connectivity index (χ2v) is 7.69. The molecule has 0 aliphatic carbocycles. The highest BCUT2D eigenvalue weighted by Gasteiger charge is 2.14. The van der Waals surface area contributed by atoms with Gasteiger partial charge in [0.05, 0.1) is 5.52 Å². The van der Waals surface area contributed by atoms with Gasteiger partial charge in [0.1, 0.15) is 29.1 Å². The first-order chi connectivity index (χ1) is 14.9. The summed E-state index contributed by atoms with van der Waals surface area (Å²) in [5.74, 6) is 1.57. The Kier molecular flexibility index (Phi) is 5.84. The molecule has 0 amide bonds. The zero-order valence-corrected chi connectivity index (χ0v) is 17.8. The summed E-state index contributed by atoms with van der Waals surface area (Å²) in [5, 5.41) is 7.56. The fourth-order valence-corrected chi connectivity index (χ4v) is 3.81. The van der Waals surface area contributed by atoms with Crippen molar-refractivity contribution in [2.24, 2.45) is 0 Å². The predicted octanol–water partition coefficient (Wildman–Crippen LogP) is 5.43. The van der Waals surface area contributed by atoms with Crippen molar-refractivity contribution in [3.63, 3.8) is 0 Å². The highest BCUT2D eigenvalue weighted by molar-refractivity contribution is 5.88. The molecule has 2 heterocycles. The van der Waals surface area contributed by atoms with Gasteiger partial charge in [0, 0.05) is 30.2 Å². The van der Waals surface area contributed by atoms with E-state index in [0.29, 0.717) is 30.2 Å². The van der Waals surface area contributed by atoms with Crippen LogP contribution in [0.25, 0.3) is 10.9 Å². The van der Waals surface area contributed by atoms with Crippen molar-refractivity contribution < 1.29 is 8.78 Å². The van der Waals surface area contributed by atoms with Gasteiger partial charge in [-0.2, -0.15) is 0 Å². The molecule has 7 heteroatoms. The topological polar surface area (TPSA) is 65.6 Å². The lowest BCUT2D eigenvalue weighted by Crippen LogP contribution is -2.10. The van der Waals surface area contributed by atoms with Crippen LogP contribution in [0, 0.1) is 32.4 Å². The molecule has 0 atom stereocenters. The summed E-state index contributed by atoms with van der Waals surface area (Å²) in [7, 11) is 0. The molecule has 3 N–H and O–H groups in total. The minimum atomic E-state index is -0.253. The summed E-state index contributed by atoms with van der Waals surface area (Å²) in [5.41, 5.74) is 4.67. The molecule has 2 aromatic carbocycles. The van der Waals surface area contributed by atoms with Crippen molar-refractivity contribution in [1.29, 1.82) is 0 Å². The van der Waals surface area contributed by atoms with Crippen LogP contribution in [-0.4, -0.2) is 21.5 Å². The molecule has 0 bridgehead atoms. The van der Waals surface area contributed by atoms with Crippen LogP contribution >= 0.6 is 0 Å². The highest BCUT2D eigenvalue weighted by atomic mass is 19.1. The lowest BCUT2D eigenvalue weighted by molar-refractivity contribution is 0.627. The molecule has 0 aliphatic heterocycles. The first-order valence-electron chi connectivity index (χ1n) is 10.2. The third-order valence-corrected chi connectivity index (χ3v) is 5.34. The predicted molar refractivity (Wildman–Crippen MR) is 120 cm³/mol. The third-order valence-electron chi connectivity index (χ3n) is 5.34. The molecule has 2 aromatic heterocycles. The Labute approximate surface area is 179 Å². The van der Waals surface area contributed by atoms with Gasteiger partial charge >= 0.3 is 0 Å².